The second kappa shape index (κ2) is 13.3. The molecule has 0 spiro atoms. The average molecular weight is 428 g/mol. The molecule has 1 aromatic rings. The predicted molar refractivity (Wildman–Crippen MR) is 114 cm³/mol. The Bertz CT molecular complexity index is 675. The number of halogens is 2. The quantitative estimate of drug-likeness (QED) is 0.324. The number of nitrogens with one attached hydrogen (secondary N) is 1. The van der Waals surface area contributed by atoms with E-state index < -0.39 is 17.6 Å². The van der Waals surface area contributed by atoms with E-state index in [0.717, 1.165) is 51.0 Å². The molecule has 2 N–H and O–H groups in total. The monoisotopic (exact) mass is 427 g/mol. The molecular formula is C23H37F2N2O3+. The molecule has 170 valence electrons. The Hall–Kier alpha value is -2.02. The summed E-state index contributed by atoms with van der Waals surface area (Å²) in [5, 5.41) is 11.9. The summed E-state index contributed by atoms with van der Waals surface area (Å²) in [6.45, 7) is 0.567. The van der Waals surface area contributed by atoms with Crippen LogP contribution in [0, 0.1) is 11.6 Å². The lowest BCUT2D eigenvalue weighted by atomic mass is 10.0. The second-order valence-electron chi connectivity index (χ2n) is 9.02. The molecule has 7 heteroatoms. The second-order valence-corrected chi connectivity index (χ2v) is 9.02. The first-order chi connectivity index (χ1) is 14.1. The van der Waals surface area contributed by atoms with E-state index in [4.69, 9.17) is 5.11 Å². The molecule has 0 saturated carbocycles. The Balaban J connectivity index is 2.11. The van der Waals surface area contributed by atoms with Gasteiger partial charge in [0.15, 0.2) is 11.6 Å². The van der Waals surface area contributed by atoms with Crippen molar-refractivity contribution in [1.82, 2.24) is 5.32 Å². The number of hydrogen-bond donors (Lipinski definition) is 2. The molecule has 0 aromatic heterocycles. The van der Waals surface area contributed by atoms with E-state index in [0.29, 0.717) is 29.4 Å². The van der Waals surface area contributed by atoms with Gasteiger partial charge in [0, 0.05) is 6.42 Å². The van der Waals surface area contributed by atoms with Gasteiger partial charge in [-0.05, 0) is 30.9 Å². The van der Waals surface area contributed by atoms with Crippen LogP contribution in [0.15, 0.2) is 18.2 Å². The molecule has 0 radical (unpaired) electrons. The summed E-state index contributed by atoms with van der Waals surface area (Å²) < 4.78 is 27.3. The van der Waals surface area contributed by atoms with Crippen LogP contribution in [0.3, 0.4) is 0 Å². The van der Waals surface area contributed by atoms with Gasteiger partial charge >= 0.3 is 5.97 Å². The molecule has 1 atom stereocenters. The number of quaternary nitrogens is 1. The molecule has 0 heterocycles. The molecule has 1 rings (SSSR count). The van der Waals surface area contributed by atoms with E-state index in [-0.39, 0.29) is 18.4 Å². The Morgan fingerprint density at radius 3 is 2.20 bits per heavy atom. The van der Waals surface area contributed by atoms with Gasteiger partial charge in [-0.3, -0.25) is 9.59 Å². The highest BCUT2D eigenvalue weighted by Gasteiger charge is 2.22. The molecule has 0 aliphatic rings. The number of carbonyl (C=O) groups is 2. The van der Waals surface area contributed by atoms with Crippen molar-refractivity contribution in [2.45, 2.75) is 70.3 Å². The van der Waals surface area contributed by atoms with Gasteiger partial charge in [-0.1, -0.05) is 44.2 Å². The molecule has 0 bridgehead atoms. The minimum Gasteiger partial charge on any atom is -0.481 e. The topological polar surface area (TPSA) is 66.4 Å². The summed E-state index contributed by atoms with van der Waals surface area (Å²) in [4.78, 5) is 23.1. The molecule has 0 fully saturated rings. The zero-order valence-electron chi connectivity index (χ0n) is 18.6. The first kappa shape index (κ1) is 26.0. The van der Waals surface area contributed by atoms with Crippen LogP contribution in [0.1, 0.15) is 63.4 Å². The Labute approximate surface area is 179 Å². The van der Waals surface area contributed by atoms with Gasteiger partial charge in [-0.25, -0.2) is 8.78 Å². The molecule has 0 unspecified atom stereocenters. The zero-order chi connectivity index (χ0) is 22.6. The minimum absolute atomic E-state index is 0.0687. The number of aliphatic carboxylic acids is 1. The third kappa shape index (κ3) is 11.9. The van der Waals surface area contributed by atoms with Crippen molar-refractivity contribution in [2.75, 3.05) is 27.7 Å². The van der Waals surface area contributed by atoms with Crippen molar-refractivity contribution >= 4 is 11.9 Å². The van der Waals surface area contributed by atoms with Crippen molar-refractivity contribution in [3.63, 3.8) is 0 Å². The number of unbranched alkanes of at least 4 members (excludes halogenated alkanes) is 6. The largest absolute Gasteiger partial charge is 0.481 e. The first-order valence-corrected chi connectivity index (χ1v) is 10.8. The van der Waals surface area contributed by atoms with E-state index >= 15 is 0 Å². The number of hydrogen-bond acceptors (Lipinski definition) is 2. The average Bonchev–Trinajstić information content (AvgIpc) is 2.61. The third-order valence-corrected chi connectivity index (χ3v) is 4.94. The van der Waals surface area contributed by atoms with Crippen LogP contribution in [0.25, 0.3) is 0 Å². The third-order valence-electron chi connectivity index (χ3n) is 4.94. The lowest BCUT2D eigenvalue weighted by Crippen LogP contribution is -2.49. The van der Waals surface area contributed by atoms with Crippen molar-refractivity contribution in [1.29, 1.82) is 0 Å². The molecule has 1 amide bonds. The van der Waals surface area contributed by atoms with Gasteiger partial charge < -0.3 is 14.9 Å². The van der Waals surface area contributed by atoms with E-state index in [2.05, 4.69) is 5.32 Å². The van der Waals surface area contributed by atoms with Gasteiger partial charge in [-0.2, -0.15) is 0 Å². The van der Waals surface area contributed by atoms with Crippen LogP contribution in [-0.4, -0.2) is 55.2 Å². The van der Waals surface area contributed by atoms with Crippen LogP contribution in [0.4, 0.5) is 8.78 Å². The summed E-state index contributed by atoms with van der Waals surface area (Å²) in [7, 11) is 5.90. The number of carboxylic acids is 1. The fourth-order valence-electron chi connectivity index (χ4n) is 3.56. The maximum absolute atomic E-state index is 13.6. The molecule has 1 aromatic carbocycles. The Morgan fingerprint density at radius 2 is 1.60 bits per heavy atom. The van der Waals surface area contributed by atoms with Crippen LogP contribution in [-0.2, 0) is 16.0 Å². The number of carbonyl (C=O) groups excluding carboxylic acids is 1. The van der Waals surface area contributed by atoms with Crippen molar-refractivity contribution in [3.8, 4) is 0 Å². The van der Waals surface area contributed by atoms with Crippen molar-refractivity contribution in [3.05, 3.63) is 35.4 Å². The summed E-state index contributed by atoms with van der Waals surface area (Å²) in [6.07, 6.45) is 7.54. The summed E-state index contributed by atoms with van der Waals surface area (Å²) in [5.41, 5.74) is 0.437. The Kier molecular flexibility index (Phi) is 11.5. The maximum atomic E-state index is 13.6. The van der Waals surface area contributed by atoms with Gasteiger partial charge in [0.25, 0.3) is 0 Å². The Morgan fingerprint density at radius 1 is 1.00 bits per heavy atom. The standard InChI is InChI=1S/C23H36F2N2O3/c1-27(2,3)17-19(16-22(29)30)26-21(28)15-10-8-6-4-5-7-9-12-18-13-11-14-20(24)23(18)25/h11,13-14,19H,4-10,12,15-17H2,1-3H3,(H-,26,28,29,30)/p+1/t19-/m1/s1. The van der Waals surface area contributed by atoms with E-state index in [1.807, 2.05) is 21.1 Å². The number of carboxylic acid groups (broad SMARTS) is 1. The minimum atomic E-state index is -0.908. The van der Waals surface area contributed by atoms with Crippen molar-refractivity contribution < 1.29 is 28.0 Å². The molecule has 30 heavy (non-hydrogen) atoms. The van der Waals surface area contributed by atoms with E-state index in [1.165, 1.54) is 6.07 Å². The van der Waals surface area contributed by atoms with Crippen molar-refractivity contribution in [2.24, 2.45) is 0 Å². The molecule has 0 saturated heterocycles. The van der Waals surface area contributed by atoms with Gasteiger partial charge in [0.05, 0.1) is 40.2 Å². The maximum Gasteiger partial charge on any atom is 0.305 e. The summed E-state index contributed by atoms with van der Waals surface area (Å²) in [6, 6.07) is 3.94. The zero-order valence-corrected chi connectivity index (χ0v) is 18.6. The molecule has 0 aliphatic carbocycles. The highest BCUT2D eigenvalue weighted by Crippen LogP contribution is 2.16. The summed E-state index contributed by atoms with van der Waals surface area (Å²) in [5.74, 6) is -2.52. The van der Waals surface area contributed by atoms with Crippen LogP contribution >= 0.6 is 0 Å². The smallest absolute Gasteiger partial charge is 0.305 e. The number of aryl methyl sites for hydroxylation is 1. The lowest BCUT2D eigenvalue weighted by molar-refractivity contribution is -0.871. The normalized spacial score (nSPS) is 12.6. The fraction of sp³-hybridized carbons (Fsp3) is 0.652. The molecule has 0 aliphatic heterocycles. The van der Waals surface area contributed by atoms with Gasteiger partial charge in [0.1, 0.15) is 0 Å². The van der Waals surface area contributed by atoms with Gasteiger partial charge in [-0.15, -0.1) is 0 Å². The number of likely N-dealkylation sites (N-methyl/N-ethyl adjacent to an activating group) is 1. The van der Waals surface area contributed by atoms with E-state index in [1.54, 1.807) is 6.07 Å². The molecule has 5 nitrogen and oxygen atoms in total. The van der Waals surface area contributed by atoms with Crippen LogP contribution in [0.5, 0.6) is 0 Å². The van der Waals surface area contributed by atoms with Crippen LogP contribution in [0.2, 0.25) is 0 Å². The highest BCUT2D eigenvalue weighted by atomic mass is 19.2. The number of benzene rings is 1. The number of amides is 1. The predicted octanol–water partition coefficient (Wildman–Crippen LogP) is 4.29. The van der Waals surface area contributed by atoms with E-state index in [9.17, 15) is 18.4 Å². The summed E-state index contributed by atoms with van der Waals surface area (Å²) >= 11 is 0. The SMILES string of the molecule is C[N+](C)(C)C[C@@H](CC(=O)O)NC(=O)CCCCCCCCCc1cccc(F)c1F. The first-order valence-electron chi connectivity index (χ1n) is 10.8. The lowest BCUT2D eigenvalue weighted by Gasteiger charge is -2.29. The van der Waals surface area contributed by atoms with Gasteiger partial charge in [0.2, 0.25) is 5.91 Å². The fourth-order valence-corrected chi connectivity index (χ4v) is 3.56. The molecular weight excluding hydrogens is 390 g/mol. The van der Waals surface area contributed by atoms with Crippen LogP contribution < -0.4 is 5.32 Å². The number of rotatable bonds is 15. The highest BCUT2D eigenvalue weighted by molar-refractivity contribution is 5.77. The number of nitrogens with zero attached hydrogens (tertiary/aromatic N) is 1.